The van der Waals surface area contributed by atoms with Gasteiger partial charge in [0.2, 0.25) is 10.0 Å². The van der Waals surface area contributed by atoms with Gasteiger partial charge in [0.05, 0.1) is 30.3 Å². The molecule has 308 valence electrons. The number of sulfonamides is 1. The standard InChI is InChI=1S/C41H79NO7SSi3/c1-39(2,3)51(11,12)47-32(31-42-50(44,45)33-24-20-19-21-25-33)28-29-35-34(26-22-17-18-23-27-38(43)46-10)36(48-52(13,14)40(4,5)6)30-37(35)49-53(15,16)41(7,8)9/h19-21,24-25,32,34-37,42H,17-18,22-23,26-31H2,1-16H3/t32?,34-,35-,36+,37-/m1/s1. The Hall–Kier alpha value is -0.869. The van der Waals surface area contributed by atoms with Gasteiger partial charge >= 0.3 is 5.97 Å². The van der Waals surface area contributed by atoms with Crippen molar-refractivity contribution in [1.82, 2.24) is 4.72 Å². The summed E-state index contributed by atoms with van der Waals surface area (Å²) in [5.74, 6) is 0.425. The molecule has 1 saturated carbocycles. The van der Waals surface area contributed by atoms with Crippen molar-refractivity contribution in [2.75, 3.05) is 13.7 Å². The van der Waals surface area contributed by atoms with E-state index >= 15 is 0 Å². The lowest BCUT2D eigenvalue weighted by atomic mass is 9.85. The number of hydrogen-bond donors (Lipinski definition) is 1. The normalized spacial score (nSPS) is 21.5. The first kappa shape index (κ1) is 48.3. The molecule has 1 fully saturated rings. The summed E-state index contributed by atoms with van der Waals surface area (Å²) >= 11 is 0. The average Bonchev–Trinajstić information content (AvgIpc) is 3.32. The smallest absolute Gasteiger partial charge is 0.305 e. The van der Waals surface area contributed by atoms with Gasteiger partial charge < -0.3 is 18.0 Å². The first-order chi connectivity index (χ1) is 24.0. The minimum Gasteiger partial charge on any atom is -0.469 e. The zero-order chi connectivity index (χ0) is 40.7. The Labute approximate surface area is 329 Å². The number of benzene rings is 1. The van der Waals surface area contributed by atoms with Crippen LogP contribution in [0.1, 0.15) is 120 Å². The number of unbranched alkanes of at least 4 members (excludes halogenated alkanes) is 3. The minimum atomic E-state index is -3.69. The van der Waals surface area contributed by atoms with Crippen molar-refractivity contribution in [3.63, 3.8) is 0 Å². The van der Waals surface area contributed by atoms with E-state index in [1.165, 1.54) is 7.11 Å². The Balaban J connectivity index is 2.50. The van der Waals surface area contributed by atoms with E-state index in [-0.39, 0.29) is 56.8 Å². The van der Waals surface area contributed by atoms with E-state index in [9.17, 15) is 13.2 Å². The fraction of sp³-hybridized carbons (Fsp3) is 0.829. The van der Waals surface area contributed by atoms with Crippen molar-refractivity contribution < 1.29 is 31.2 Å². The van der Waals surface area contributed by atoms with Gasteiger partial charge in [-0.25, -0.2) is 13.1 Å². The second kappa shape index (κ2) is 19.0. The second-order valence-electron chi connectivity index (χ2n) is 20.2. The molecule has 1 N–H and O–H groups in total. The van der Waals surface area contributed by atoms with Gasteiger partial charge in [0.1, 0.15) is 0 Å². The number of rotatable bonds is 20. The fourth-order valence-electron chi connectivity index (χ4n) is 6.48. The highest BCUT2D eigenvalue weighted by Gasteiger charge is 2.51. The van der Waals surface area contributed by atoms with Gasteiger partial charge in [-0.1, -0.05) is 99.8 Å². The molecule has 53 heavy (non-hydrogen) atoms. The molecule has 0 amide bonds. The van der Waals surface area contributed by atoms with Gasteiger partial charge in [0.25, 0.3) is 0 Å². The molecule has 0 bridgehead atoms. The van der Waals surface area contributed by atoms with Crippen molar-refractivity contribution in [2.24, 2.45) is 11.8 Å². The van der Waals surface area contributed by atoms with Gasteiger partial charge in [0, 0.05) is 13.0 Å². The number of nitrogens with one attached hydrogen (secondary N) is 1. The number of ether oxygens (including phenoxy) is 1. The minimum absolute atomic E-state index is 0.0244. The Bertz CT molecular complexity index is 1380. The van der Waals surface area contributed by atoms with Crippen LogP contribution < -0.4 is 4.72 Å². The topological polar surface area (TPSA) is 100 Å². The van der Waals surface area contributed by atoms with Crippen molar-refractivity contribution >= 4 is 40.9 Å². The lowest BCUT2D eigenvalue weighted by molar-refractivity contribution is -0.140. The van der Waals surface area contributed by atoms with E-state index in [4.69, 9.17) is 18.0 Å². The quantitative estimate of drug-likeness (QED) is 0.0795. The molecular weight excluding hydrogens is 735 g/mol. The summed E-state index contributed by atoms with van der Waals surface area (Å²) in [5.41, 5.74) is 0. The molecular formula is C41H79NO7SSi3. The molecule has 1 aromatic rings. The third-order valence-electron chi connectivity index (χ3n) is 13.0. The van der Waals surface area contributed by atoms with Gasteiger partial charge in [-0.15, -0.1) is 0 Å². The molecule has 0 saturated heterocycles. The molecule has 1 unspecified atom stereocenters. The van der Waals surface area contributed by atoms with Crippen LogP contribution in [0.5, 0.6) is 0 Å². The molecule has 1 aliphatic rings. The van der Waals surface area contributed by atoms with Crippen molar-refractivity contribution in [1.29, 1.82) is 0 Å². The van der Waals surface area contributed by atoms with Gasteiger partial charge in [-0.05, 0) is 110 Å². The molecule has 0 heterocycles. The molecule has 0 aliphatic heterocycles. The second-order valence-corrected chi connectivity index (χ2v) is 36.2. The Kier molecular flexibility index (Phi) is 17.4. The molecule has 0 radical (unpaired) electrons. The zero-order valence-corrected chi connectivity index (χ0v) is 40.4. The Morgan fingerprint density at radius 2 is 1.21 bits per heavy atom. The van der Waals surface area contributed by atoms with Gasteiger partial charge in [-0.2, -0.15) is 0 Å². The summed E-state index contributed by atoms with van der Waals surface area (Å²) in [7, 11) is -8.71. The summed E-state index contributed by atoms with van der Waals surface area (Å²) in [6.07, 6.45) is 7.82. The van der Waals surface area contributed by atoms with Gasteiger partial charge in [-0.3, -0.25) is 4.79 Å². The van der Waals surface area contributed by atoms with E-state index in [0.717, 1.165) is 51.4 Å². The number of carbonyl (C=O) groups excluding carboxylic acids is 1. The summed E-state index contributed by atoms with van der Waals surface area (Å²) in [5, 5.41) is 0.121. The molecule has 8 nitrogen and oxygen atoms in total. The Morgan fingerprint density at radius 1 is 0.736 bits per heavy atom. The lowest BCUT2D eigenvalue weighted by Crippen LogP contribution is -2.47. The number of carbonyl (C=O) groups is 1. The molecule has 1 aliphatic carbocycles. The van der Waals surface area contributed by atoms with Crippen LogP contribution in [0.25, 0.3) is 0 Å². The van der Waals surface area contributed by atoms with Crippen molar-refractivity contribution in [3.8, 4) is 0 Å². The number of methoxy groups -OCH3 is 1. The van der Waals surface area contributed by atoms with E-state index < -0.39 is 35.0 Å². The number of hydrogen-bond acceptors (Lipinski definition) is 7. The van der Waals surface area contributed by atoms with Crippen LogP contribution in [0.2, 0.25) is 54.4 Å². The summed E-state index contributed by atoms with van der Waals surface area (Å²) < 4.78 is 56.3. The van der Waals surface area contributed by atoms with E-state index in [2.05, 4.69) is 106 Å². The Morgan fingerprint density at radius 3 is 1.68 bits per heavy atom. The molecule has 12 heteroatoms. The summed E-state index contributed by atoms with van der Waals surface area (Å²) in [6.45, 7) is 34.7. The molecule has 5 atom stereocenters. The predicted molar refractivity (Wildman–Crippen MR) is 228 cm³/mol. The van der Waals surface area contributed by atoms with Crippen LogP contribution in [0.15, 0.2) is 35.2 Å². The first-order valence-corrected chi connectivity index (χ1v) is 30.4. The van der Waals surface area contributed by atoms with E-state index in [0.29, 0.717) is 12.3 Å². The predicted octanol–water partition coefficient (Wildman–Crippen LogP) is 11.1. The van der Waals surface area contributed by atoms with Crippen molar-refractivity contribution in [3.05, 3.63) is 30.3 Å². The van der Waals surface area contributed by atoms with Crippen LogP contribution in [0, 0.1) is 11.8 Å². The largest absolute Gasteiger partial charge is 0.469 e. The fourth-order valence-corrected chi connectivity index (χ4v) is 11.7. The maximum atomic E-state index is 13.4. The van der Waals surface area contributed by atoms with Crippen LogP contribution in [0.3, 0.4) is 0 Å². The molecule has 0 aromatic heterocycles. The molecule has 2 rings (SSSR count). The maximum Gasteiger partial charge on any atom is 0.305 e. The molecule has 0 spiro atoms. The van der Waals surface area contributed by atoms with E-state index in [1.807, 2.05) is 6.07 Å². The third-order valence-corrected chi connectivity index (χ3v) is 28.0. The SMILES string of the molecule is COC(=O)CCCCCC[C@@H]1[C@@H](CCC(CNS(=O)(=O)c2ccccc2)O[Si](C)(C)C(C)(C)C)[C@H](O[Si](C)(C)C(C)(C)C)C[C@@H]1O[Si](C)(C)C(C)(C)C. The van der Waals surface area contributed by atoms with Crippen LogP contribution in [0.4, 0.5) is 0 Å². The zero-order valence-electron chi connectivity index (χ0n) is 36.6. The summed E-state index contributed by atoms with van der Waals surface area (Å²) in [4.78, 5) is 12.0. The first-order valence-electron chi connectivity index (χ1n) is 20.2. The third kappa shape index (κ3) is 14.2. The van der Waals surface area contributed by atoms with Crippen LogP contribution in [-0.2, 0) is 32.8 Å². The van der Waals surface area contributed by atoms with Crippen LogP contribution >= 0.6 is 0 Å². The van der Waals surface area contributed by atoms with Crippen LogP contribution in [-0.4, -0.2) is 71.3 Å². The van der Waals surface area contributed by atoms with Gasteiger partial charge in [0.15, 0.2) is 25.0 Å². The monoisotopic (exact) mass is 813 g/mol. The summed E-state index contributed by atoms with van der Waals surface area (Å²) in [6, 6.07) is 8.60. The lowest BCUT2D eigenvalue weighted by Gasteiger charge is -2.41. The maximum absolute atomic E-state index is 13.4. The highest BCUT2D eigenvalue weighted by Crippen LogP contribution is 2.49. The molecule has 1 aromatic carbocycles. The van der Waals surface area contributed by atoms with Crippen molar-refractivity contribution in [2.45, 2.75) is 198 Å². The highest BCUT2D eigenvalue weighted by molar-refractivity contribution is 7.89. The number of esters is 1. The van der Waals surface area contributed by atoms with E-state index in [1.54, 1.807) is 24.3 Å². The average molecular weight is 814 g/mol. The highest BCUT2D eigenvalue weighted by atomic mass is 32.2.